The maximum absolute atomic E-state index is 13.3. The Labute approximate surface area is 345 Å². The molecule has 0 atom stereocenters. The van der Waals surface area contributed by atoms with Gasteiger partial charge in [0.2, 0.25) is 0 Å². The van der Waals surface area contributed by atoms with Gasteiger partial charge in [0.15, 0.2) is 5.82 Å². The Morgan fingerprint density at radius 3 is 1.26 bits per heavy atom. The maximum Gasteiger partial charge on any atom is 0.160 e. The molecule has 8 heteroatoms. The van der Waals surface area contributed by atoms with Crippen molar-refractivity contribution in [2.45, 2.75) is 0 Å². The standard InChI is InChI=1S/C50H38N2O2P2S2/c1-55(2,53)38-13-9-11-31(26-38)35-23-36(32-12-10-14-39(27-32)56(3,4)54)25-37(24-35)50-51-44(33-19-21-42-40-15-5-7-17-46(40)57-48(42)28-33)30-45(52-50)34-20-22-43-41-16-6-8-18-47(41)58-49(43)29-34/h5-30H,1-4H3. The first-order valence-corrected chi connectivity index (χ1v) is 26.0. The molecule has 0 N–H and O–H groups in total. The van der Waals surface area contributed by atoms with Crippen LogP contribution in [0.1, 0.15) is 0 Å². The van der Waals surface area contributed by atoms with Crippen molar-refractivity contribution in [2.24, 2.45) is 0 Å². The van der Waals surface area contributed by atoms with E-state index in [1.807, 2.05) is 36.4 Å². The second-order valence-corrected chi connectivity index (χ2v) is 24.3. The number of hydrogen-bond donors (Lipinski definition) is 0. The molecule has 0 saturated heterocycles. The van der Waals surface area contributed by atoms with Gasteiger partial charge in [0.1, 0.15) is 14.3 Å². The van der Waals surface area contributed by atoms with Crippen LogP contribution in [0, 0.1) is 0 Å². The Kier molecular flexibility index (Phi) is 8.96. The molecule has 0 unspecified atom stereocenters. The molecule has 3 aromatic heterocycles. The first kappa shape index (κ1) is 36.8. The van der Waals surface area contributed by atoms with E-state index in [9.17, 15) is 9.13 Å². The minimum Gasteiger partial charge on any atom is -0.319 e. The fourth-order valence-corrected chi connectivity index (χ4v) is 11.9. The van der Waals surface area contributed by atoms with E-state index >= 15 is 0 Å². The molecule has 0 amide bonds. The largest absolute Gasteiger partial charge is 0.319 e. The molecular formula is C50H38N2O2P2S2. The summed E-state index contributed by atoms with van der Waals surface area (Å²) in [6.45, 7) is 7.22. The Morgan fingerprint density at radius 2 is 0.793 bits per heavy atom. The predicted octanol–water partition coefficient (Wildman–Crippen LogP) is 14.0. The van der Waals surface area contributed by atoms with E-state index in [1.54, 1.807) is 49.3 Å². The van der Waals surface area contributed by atoms with E-state index < -0.39 is 14.3 Å². The number of nitrogens with zero attached hydrogens (tertiary/aromatic N) is 2. The van der Waals surface area contributed by atoms with Crippen molar-refractivity contribution in [2.75, 3.05) is 26.7 Å². The third kappa shape index (κ3) is 6.85. The Bertz CT molecular complexity index is 3160. The van der Waals surface area contributed by atoms with Crippen molar-refractivity contribution in [3.63, 3.8) is 0 Å². The lowest BCUT2D eigenvalue weighted by molar-refractivity contribution is 0.587. The topological polar surface area (TPSA) is 59.9 Å². The molecule has 0 aliphatic rings. The van der Waals surface area contributed by atoms with Gasteiger partial charge in [-0.25, -0.2) is 9.97 Å². The van der Waals surface area contributed by atoms with Gasteiger partial charge in [0.05, 0.1) is 11.4 Å². The summed E-state index contributed by atoms with van der Waals surface area (Å²) in [7, 11) is -5.04. The summed E-state index contributed by atoms with van der Waals surface area (Å²) < 4.78 is 31.5. The molecule has 0 fully saturated rings. The van der Waals surface area contributed by atoms with Gasteiger partial charge in [0.25, 0.3) is 0 Å². The molecule has 58 heavy (non-hydrogen) atoms. The third-order valence-corrected chi connectivity index (χ3v) is 16.2. The Balaban J connectivity index is 1.21. The molecule has 0 bridgehead atoms. The average Bonchev–Trinajstić information content (AvgIpc) is 3.80. The van der Waals surface area contributed by atoms with Gasteiger partial charge in [0, 0.05) is 67.6 Å². The van der Waals surface area contributed by atoms with Crippen LogP contribution < -0.4 is 10.6 Å². The highest BCUT2D eigenvalue weighted by molar-refractivity contribution is 7.70. The highest BCUT2D eigenvalue weighted by atomic mass is 32.1. The normalized spacial score (nSPS) is 12.3. The van der Waals surface area contributed by atoms with Crippen LogP contribution in [0.25, 0.3) is 96.5 Å². The SMILES string of the molecule is CP(C)(=O)c1cccc(-c2cc(-c3cccc(P(C)(C)=O)c3)cc(-c3nc(-c4ccc5c(c4)sc4ccccc45)cc(-c4ccc5c(c4)sc4ccccc45)n3)c2)c1. The van der Waals surface area contributed by atoms with E-state index in [1.165, 1.54) is 40.3 Å². The number of aromatic nitrogens is 2. The van der Waals surface area contributed by atoms with Gasteiger partial charge in [-0.3, -0.25) is 0 Å². The smallest absolute Gasteiger partial charge is 0.160 e. The van der Waals surface area contributed by atoms with E-state index in [-0.39, 0.29) is 0 Å². The summed E-state index contributed by atoms with van der Waals surface area (Å²) in [4.78, 5) is 10.7. The minimum absolute atomic E-state index is 0.601. The van der Waals surface area contributed by atoms with Gasteiger partial charge in [-0.15, -0.1) is 22.7 Å². The summed E-state index contributed by atoms with van der Waals surface area (Å²) >= 11 is 3.60. The first-order chi connectivity index (χ1) is 27.9. The second-order valence-electron chi connectivity index (χ2n) is 15.7. The van der Waals surface area contributed by atoms with Gasteiger partial charge in [-0.1, -0.05) is 97.1 Å². The molecule has 4 nitrogen and oxygen atoms in total. The van der Waals surface area contributed by atoms with Crippen molar-refractivity contribution >= 4 is 87.9 Å². The van der Waals surface area contributed by atoms with Crippen molar-refractivity contribution in [3.8, 4) is 56.2 Å². The molecular weight excluding hydrogens is 787 g/mol. The summed E-state index contributed by atoms with van der Waals surface area (Å²) in [5.74, 6) is 0.601. The minimum atomic E-state index is -2.52. The molecule has 0 radical (unpaired) electrons. The molecule has 0 aliphatic carbocycles. The van der Waals surface area contributed by atoms with Crippen molar-refractivity contribution in [1.82, 2.24) is 9.97 Å². The summed E-state index contributed by atoms with van der Waals surface area (Å²) in [6, 6.07) is 55.0. The van der Waals surface area contributed by atoms with Gasteiger partial charge >= 0.3 is 0 Å². The molecule has 0 aliphatic heterocycles. The zero-order valence-corrected chi connectivity index (χ0v) is 35.9. The molecule has 10 rings (SSSR count). The Hall–Kier alpha value is -5.48. The lowest BCUT2D eigenvalue weighted by Gasteiger charge is -2.15. The quantitative estimate of drug-likeness (QED) is 0.150. The van der Waals surface area contributed by atoms with Crippen LogP contribution >= 0.6 is 37.0 Å². The highest BCUT2D eigenvalue weighted by Gasteiger charge is 2.19. The first-order valence-electron chi connectivity index (χ1n) is 19.1. The number of hydrogen-bond acceptors (Lipinski definition) is 6. The predicted molar refractivity (Wildman–Crippen MR) is 253 cm³/mol. The van der Waals surface area contributed by atoms with E-state index in [2.05, 4.69) is 121 Å². The summed E-state index contributed by atoms with van der Waals surface area (Å²) in [6.07, 6.45) is 0. The van der Waals surface area contributed by atoms with Gasteiger partial charge in [-0.2, -0.15) is 0 Å². The zero-order valence-electron chi connectivity index (χ0n) is 32.4. The van der Waals surface area contributed by atoms with Crippen LogP contribution in [0.2, 0.25) is 0 Å². The van der Waals surface area contributed by atoms with E-state index in [4.69, 9.17) is 9.97 Å². The van der Waals surface area contributed by atoms with Crippen molar-refractivity contribution in [1.29, 1.82) is 0 Å². The number of rotatable bonds is 7. The fourth-order valence-electron chi connectivity index (χ4n) is 7.77. The van der Waals surface area contributed by atoms with Crippen LogP contribution in [0.3, 0.4) is 0 Å². The average molecular weight is 825 g/mol. The van der Waals surface area contributed by atoms with Gasteiger partial charge in [-0.05, 0) is 110 Å². The third-order valence-electron chi connectivity index (χ3n) is 10.9. The lowest BCUT2D eigenvalue weighted by Crippen LogP contribution is -2.03. The molecule has 10 aromatic rings. The van der Waals surface area contributed by atoms with Gasteiger partial charge < -0.3 is 9.13 Å². The van der Waals surface area contributed by atoms with Crippen LogP contribution in [0.15, 0.2) is 158 Å². The van der Waals surface area contributed by atoms with Crippen LogP contribution in [0.4, 0.5) is 0 Å². The van der Waals surface area contributed by atoms with E-state index in [0.29, 0.717) is 5.82 Å². The number of thiophene rings is 2. The Morgan fingerprint density at radius 1 is 0.362 bits per heavy atom. The monoisotopic (exact) mass is 824 g/mol. The highest BCUT2D eigenvalue weighted by Crippen LogP contribution is 2.42. The maximum atomic E-state index is 13.3. The number of benzene rings is 7. The zero-order chi connectivity index (χ0) is 39.8. The lowest BCUT2D eigenvalue weighted by atomic mass is 9.95. The number of fused-ring (bicyclic) bond motifs is 6. The van der Waals surface area contributed by atoms with Crippen LogP contribution in [-0.2, 0) is 9.13 Å². The van der Waals surface area contributed by atoms with Crippen LogP contribution in [0.5, 0.6) is 0 Å². The van der Waals surface area contributed by atoms with Crippen molar-refractivity contribution < 1.29 is 9.13 Å². The molecule has 0 saturated carbocycles. The molecule has 7 aromatic carbocycles. The fraction of sp³-hybridized carbons (Fsp3) is 0.0800. The summed E-state index contributed by atoms with van der Waals surface area (Å²) in [5.41, 5.74) is 8.39. The van der Waals surface area contributed by atoms with E-state index in [0.717, 1.165) is 60.9 Å². The summed E-state index contributed by atoms with van der Waals surface area (Å²) in [5, 5.41) is 6.65. The van der Waals surface area contributed by atoms with Crippen molar-refractivity contribution in [3.05, 3.63) is 158 Å². The molecule has 3 heterocycles. The molecule has 0 spiro atoms. The van der Waals surface area contributed by atoms with Crippen LogP contribution in [-0.4, -0.2) is 36.6 Å². The molecule has 282 valence electrons. The second kappa shape index (κ2) is 14.1.